The minimum Gasteiger partial charge on any atom is -0.351 e. The Balaban J connectivity index is 1.79. The largest absolute Gasteiger partial charge is 0.351 e. The Morgan fingerprint density at radius 1 is 1.30 bits per heavy atom. The van der Waals surface area contributed by atoms with E-state index >= 15 is 0 Å². The van der Waals surface area contributed by atoms with Gasteiger partial charge in [0, 0.05) is 24.5 Å². The first-order valence-corrected chi connectivity index (χ1v) is 7.55. The molecule has 1 N–H and O–H groups in total. The van der Waals surface area contributed by atoms with E-state index in [-0.39, 0.29) is 16.6 Å². The number of halogens is 1. The Morgan fingerprint density at radius 3 is 2.70 bits per heavy atom. The summed E-state index contributed by atoms with van der Waals surface area (Å²) < 4.78 is 14.7. The van der Waals surface area contributed by atoms with E-state index in [9.17, 15) is 14.0 Å². The van der Waals surface area contributed by atoms with Crippen molar-refractivity contribution >= 4 is 34.8 Å². The number of hydrogen-bond donors (Lipinski definition) is 1. The fourth-order valence-corrected chi connectivity index (χ4v) is 2.79. The van der Waals surface area contributed by atoms with Crippen LogP contribution in [0.5, 0.6) is 0 Å². The highest BCUT2D eigenvalue weighted by molar-refractivity contribution is 8.18. The van der Waals surface area contributed by atoms with E-state index in [0.717, 1.165) is 17.5 Å². The first kappa shape index (κ1) is 15.2. The maximum Gasteiger partial charge on any atom is 0.279 e. The van der Waals surface area contributed by atoms with Crippen LogP contribution in [0.2, 0.25) is 0 Å². The highest BCUT2D eigenvalue weighted by Gasteiger charge is 2.25. The number of carbonyl (C=O) groups is 2. The zero-order valence-corrected chi connectivity index (χ0v) is 12.9. The third kappa shape index (κ3) is 3.40. The molecule has 1 aromatic carbocycles. The molecule has 0 atom stereocenters. The Bertz CT molecular complexity index is 837. The average Bonchev–Trinajstić information content (AvgIpc) is 3.07. The Labute approximate surface area is 135 Å². The Morgan fingerprint density at radius 2 is 2.04 bits per heavy atom. The number of benzene rings is 1. The molecule has 0 spiro atoms. The van der Waals surface area contributed by atoms with Crippen molar-refractivity contribution in [1.82, 2.24) is 9.88 Å². The summed E-state index contributed by atoms with van der Waals surface area (Å²) in [5.41, 5.74) is 1.13. The summed E-state index contributed by atoms with van der Waals surface area (Å²) in [6.45, 7) is 0. The summed E-state index contributed by atoms with van der Waals surface area (Å²) in [6.07, 6.45) is 3.60. The van der Waals surface area contributed by atoms with Crippen LogP contribution in [0.25, 0.3) is 6.08 Å². The zero-order valence-electron chi connectivity index (χ0n) is 12.1. The lowest BCUT2D eigenvalue weighted by atomic mass is 10.2. The number of aliphatic imine (C=N–C) groups is 1. The number of amidine groups is 1. The van der Waals surface area contributed by atoms with Gasteiger partial charge in [0.1, 0.15) is 5.82 Å². The van der Waals surface area contributed by atoms with Gasteiger partial charge in [0.25, 0.3) is 11.8 Å². The minimum atomic E-state index is -0.534. The molecule has 1 saturated heterocycles. The van der Waals surface area contributed by atoms with E-state index in [0.29, 0.717) is 4.91 Å². The normalized spacial score (nSPS) is 17.7. The number of hydrogen-bond acceptors (Lipinski definition) is 3. The SMILES string of the molecule is Cn1cccc1C=C1SC(=NC(=O)c2ccc(F)cc2)NC1=O. The van der Waals surface area contributed by atoms with Crippen LogP contribution in [0, 0.1) is 5.82 Å². The highest BCUT2D eigenvalue weighted by atomic mass is 32.2. The van der Waals surface area contributed by atoms with Crippen LogP contribution in [0.1, 0.15) is 16.1 Å². The number of thioether (sulfide) groups is 1. The second-order valence-electron chi connectivity index (χ2n) is 4.84. The van der Waals surface area contributed by atoms with Crippen molar-refractivity contribution in [2.24, 2.45) is 12.0 Å². The summed E-state index contributed by atoms with van der Waals surface area (Å²) in [5.74, 6) is -1.26. The second kappa shape index (κ2) is 6.21. The van der Waals surface area contributed by atoms with Crippen molar-refractivity contribution in [3.05, 3.63) is 64.6 Å². The van der Waals surface area contributed by atoms with Crippen LogP contribution in [0.15, 0.2) is 52.5 Å². The fraction of sp³-hybridized carbons (Fsp3) is 0.0625. The molecule has 0 radical (unpaired) electrons. The molecule has 0 bridgehead atoms. The molecule has 0 unspecified atom stereocenters. The van der Waals surface area contributed by atoms with Crippen molar-refractivity contribution in [3.63, 3.8) is 0 Å². The number of nitrogens with zero attached hydrogens (tertiary/aromatic N) is 2. The van der Waals surface area contributed by atoms with Crippen LogP contribution >= 0.6 is 11.8 Å². The number of aryl methyl sites for hydroxylation is 1. The topological polar surface area (TPSA) is 63.5 Å². The van der Waals surface area contributed by atoms with E-state index in [2.05, 4.69) is 10.3 Å². The third-order valence-corrected chi connectivity index (χ3v) is 4.12. The predicted molar refractivity (Wildman–Crippen MR) is 87.3 cm³/mol. The smallest absolute Gasteiger partial charge is 0.279 e. The first-order chi connectivity index (χ1) is 11.0. The van der Waals surface area contributed by atoms with Crippen molar-refractivity contribution in [2.45, 2.75) is 0 Å². The predicted octanol–water partition coefficient (Wildman–Crippen LogP) is 2.56. The van der Waals surface area contributed by atoms with E-state index in [1.54, 1.807) is 6.08 Å². The molecule has 1 aliphatic rings. The molecule has 23 heavy (non-hydrogen) atoms. The van der Waals surface area contributed by atoms with E-state index in [1.807, 2.05) is 29.9 Å². The molecule has 0 aliphatic carbocycles. The molecule has 2 heterocycles. The van der Waals surface area contributed by atoms with Gasteiger partial charge in [0.05, 0.1) is 4.91 Å². The molecular weight excluding hydrogens is 317 g/mol. The maximum atomic E-state index is 12.9. The van der Waals surface area contributed by atoms with Crippen LogP contribution in [-0.2, 0) is 11.8 Å². The number of carbonyl (C=O) groups excluding carboxylic acids is 2. The third-order valence-electron chi connectivity index (χ3n) is 3.21. The van der Waals surface area contributed by atoms with E-state index < -0.39 is 11.7 Å². The van der Waals surface area contributed by atoms with Crippen LogP contribution in [0.3, 0.4) is 0 Å². The lowest BCUT2D eigenvalue weighted by Gasteiger charge is -1.97. The molecule has 1 fully saturated rings. The molecule has 5 nitrogen and oxygen atoms in total. The van der Waals surface area contributed by atoms with Gasteiger partial charge in [-0.25, -0.2) is 4.39 Å². The lowest BCUT2D eigenvalue weighted by Crippen LogP contribution is -2.20. The number of amides is 2. The summed E-state index contributed by atoms with van der Waals surface area (Å²) in [4.78, 5) is 28.3. The van der Waals surface area contributed by atoms with Gasteiger partial charge in [0.2, 0.25) is 0 Å². The zero-order chi connectivity index (χ0) is 16.4. The minimum absolute atomic E-state index is 0.213. The molecule has 116 valence electrons. The van der Waals surface area contributed by atoms with Crippen molar-refractivity contribution in [2.75, 3.05) is 0 Å². The van der Waals surface area contributed by atoms with Crippen molar-refractivity contribution in [3.8, 4) is 0 Å². The maximum absolute atomic E-state index is 12.9. The number of rotatable bonds is 2. The quantitative estimate of drug-likeness (QED) is 0.861. The number of aromatic nitrogens is 1. The van der Waals surface area contributed by atoms with E-state index in [1.165, 1.54) is 24.3 Å². The summed E-state index contributed by atoms with van der Waals surface area (Å²) in [7, 11) is 1.87. The van der Waals surface area contributed by atoms with Crippen LogP contribution in [0.4, 0.5) is 4.39 Å². The second-order valence-corrected chi connectivity index (χ2v) is 5.87. The van der Waals surface area contributed by atoms with Gasteiger partial charge in [-0.2, -0.15) is 4.99 Å². The van der Waals surface area contributed by atoms with Crippen LogP contribution in [-0.4, -0.2) is 21.5 Å². The van der Waals surface area contributed by atoms with Crippen LogP contribution < -0.4 is 5.32 Å². The van der Waals surface area contributed by atoms with Gasteiger partial charge >= 0.3 is 0 Å². The van der Waals surface area contributed by atoms with Gasteiger partial charge in [0.15, 0.2) is 5.17 Å². The Hall–Kier alpha value is -2.67. The van der Waals surface area contributed by atoms with Gasteiger partial charge in [-0.05, 0) is 54.2 Å². The molecule has 1 aromatic heterocycles. The van der Waals surface area contributed by atoms with Crippen molar-refractivity contribution in [1.29, 1.82) is 0 Å². The van der Waals surface area contributed by atoms with E-state index in [4.69, 9.17) is 0 Å². The Kier molecular flexibility index (Phi) is 4.12. The summed E-state index contributed by atoms with van der Waals surface area (Å²) >= 11 is 1.09. The fourth-order valence-electron chi connectivity index (χ4n) is 1.99. The molecule has 1 aliphatic heterocycles. The molecular formula is C16H12FN3O2S. The monoisotopic (exact) mass is 329 g/mol. The lowest BCUT2D eigenvalue weighted by molar-refractivity contribution is -0.115. The standard InChI is InChI=1S/C16H12FN3O2S/c1-20-8-2-3-12(20)9-13-15(22)19-16(23-13)18-14(21)10-4-6-11(17)7-5-10/h2-9H,1H3,(H,18,19,21,22). The summed E-state index contributed by atoms with van der Waals surface area (Å²) in [5, 5.41) is 2.76. The average molecular weight is 329 g/mol. The van der Waals surface area contributed by atoms with Gasteiger partial charge in [-0.15, -0.1) is 0 Å². The van der Waals surface area contributed by atoms with Gasteiger partial charge in [-0.3, -0.25) is 9.59 Å². The molecule has 2 amide bonds. The number of nitrogens with one attached hydrogen (secondary N) is 1. The van der Waals surface area contributed by atoms with Gasteiger partial charge < -0.3 is 9.88 Å². The highest BCUT2D eigenvalue weighted by Crippen LogP contribution is 2.26. The molecule has 2 aromatic rings. The summed E-state index contributed by atoms with van der Waals surface area (Å²) in [6, 6.07) is 8.83. The van der Waals surface area contributed by atoms with Crippen molar-refractivity contribution < 1.29 is 14.0 Å². The molecule has 7 heteroatoms. The molecule has 0 saturated carbocycles. The van der Waals surface area contributed by atoms with Gasteiger partial charge in [-0.1, -0.05) is 0 Å². The molecule has 3 rings (SSSR count). The first-order valence-electron chi connectivity index (χ1n) is 6.74.